The number of nitrogens with one attached hydrogen (secondary N) is 2. The Labute approximate surface area is 85.7 Å². The molecule has 2 nitrogen and oxygen atoms in total. The number of rotatable bonds is 8. The Balaban J connectivity index is 3.39. The molecule has 0 atom stereocenters. The highest BCUT2D eigenvalue weighted by Gasteiger charge is 2.16. The summed E-state index contributed by atoms with van der Waals surface area (Å²) in [5, 5.41) is 7.33. The molecule has 0 aromatic heterocycles. The Hall–Kier alpha value is 0.137. The van der Waals surface area contributed by atoms with Crippen molar-refractivity contribution in [3.05, 3.63) is 0 Å². The molecular weight excluding hydrogens is 176 g/mol. The summed E-state index contributed by atoms with van der Waals surface area (Å²) in [4.78, 5) is 0. The first-order chi connectivity index (χ1) is 6.12. The third kappa shape index (κ3) is 8.47. The summed E-state index contributed by atoms with van der Waals surface area (Å²) in [6.45, 7) is 12.4. The third-order valence-corrected chi connectivity index (χ3v) is 4.97. The van der Waals surface area contributed by atoms with Crippen LogP contribution in [0.5, 0.6) is 0 Å². The van der Waals surface area contributed by atoms with Crippen molar-refractivity contribution >= 4 is 9.52 Å². The maximum atomic E-state index is 3.46. The van der Waals surface area contributed by atoms with Crippen LogP contribution in [0.4, 0.5) is 0 Å². The zero-order chi connectivity index (χ0) is 10.2. The summed E-state index contributed by atoms with van der Waals surface area (Å²) in [6.07, 6.45) is 1.36. The van der Waals surface area contributed by atoms with E-state index in [1.54, 1.807) is 0 Å². The molecular formula is C10H26N2Si. The lowest BCUT2D eigenvalue weighted by atomic mass is 10.2. The van der Waals surface area contributed by atoms with Gasteiger partial charge >= 0.3 is 0 Å². The average Bonchev–Trinajstić information content (AvgIpc) is 2.09. The van der Waals surface area contributed by atoms with Crippen LogP contribution < -0.4 is 10.6 Å². The van der Waals surface area contributed by atoms with Crippen molar-refractivity contribution in [2.45, 2.75) is 45.2 Å². The fourth-order valence-electron chi connectivity index (χ4n) is 1.36. The number of hydrogen-bond acceptors (Lipinski definition) is 2. The molecule has 0 aromatic carbocycles. The van der Waals surface area contributed by atoms with E-state index in [9.17, 15) is 0 Å². The lowest BCUT2D eigenvalue weighted by molar-refractivity contribution is 0.529. The van der Waals surface area contributed by atoms with Crippen LogP contribution in [0.1, 0.15) is 34.1 Å². The molecule has 0 radical (unpaired) electrons. The van der Waals surface area contributed by atoms with Gasteiger partial charge in [-0.25, -0.2) is 0 Å². The third-order valence-electron chi connectivity index (χ3n) is 2.31. The van der Waals surface area contributed by atoms with Gasteiger partial charge in [-0.05, 0) is 18.1 Å². The summed E-state index contributed by atoms with van der Waals surface area (Å²) < 4.78 is 0. The molecule has 0 spiro atoms. The predicted octanol–water partition coefficient (Wildman–Crippen LogP) is 1.34. The van der Waals surface area contributed by atoms with Gasteiger partial charge in [0.25, 0.3) is 0 Å². The maximum absolute atomic E-state index is 3.46. The van der Waals surface area contributed by atoms with Crippen LogP contribution in [0.3, 0.4) is 0 Å². The minimum atomic E-state index is 0.115. The molecule has 0 aliphatic carbocycles. The fourth-order valence-corrected chi connectivity index (χ4v) is 3.02. The fraction of sp³-hybridized carbons (Fsp3) is 1.00. The Morgan fingerprint density at radius 2 is 1.85 bits per heavy atom. The monoisotopic (exact) mass is 202 g/mol. The Kier molecular flexibility index (Phi) is 7.61. The molecule has 0 saturated carbocycles. The Morgan fingerprint density at radius 1 is 1.15 bits per heavy atom. The number of hydrogen-bond donors (Lipinski definition) is 2. The van der Waals surface area contributed by atoms with Crippen molar-refractivity contribution in [3.8, 4) is 0 Å². The molecule has 0 aliphatic heterocycles. The van der Waals surface area contributed by atoms with Crippen molar-refractivity contribution in [1.82, 2.24) is 10.6 Å². The predicted molar refractivity (Wildman–Crippen MR) is 64.2 cm³/mol. The molecule has 0 amide bonds. The van der Waals surface area contributed by atoms with E-state index in [4.69, 9.17) is 0 Å². The van der Waals surface area contributed by atoms with Crippen molar-refractivity contribution in [2.24, 2.45) is 0 Å². The molecule has 0 aromatic rings. The van der Waals surface area contributed by atoms with Gasteiger partial charge in [0.05, 0.1) is 0 Å². The van der Waals surface area contributed by atoms with E-state index >= 15 is 0 Å². The summed E-state index contributed by atoms with van der Waals surface area (Å²) >= 11 is 0. The second kappa shape index (κ2) is 7.53. The highest BCUT2D eigenvalue weighted by atomic mass is 28.2. The van der Waals surface area contributed by atoms with E-state index in [1.807, 2.05) is 0 Å². The standard InChI is InChI=1S/C10H26N2Si/c1-5-7-13-10(3,4)8-12-9-11-6-2/h11-12H,5-9,13H2,1-4H3. The average molecular weight is 202 g/mol. The topological polar surface area (TPSA) is 24.1 Å². The first-order valence-corrected chi connectivity index (χ1v) is 7.24. The van der Waals surface area contributed by atoms with Gasteiger partial charge < -0.3 is 10.6 Å². The zero-order valence-electron chi connectivity index (χ0n) is 9.74. The summed E-state index contributed by atoms with van der Waals surface area (Å²) in [6, 6.07) is 1.48. The van der Waals surface area contributed by atoms with Gasteiger partial charge in [-0.15, -0.1) is 0 Å². The van der Waals surface area contributed by atoms with Crippen LogP contribution in [0.25, 0.3) is 0 Å². The molecule has 2 N–H and O–H groups in total. The molecule has 0 aliphatic rings. The molecule has 0 fully saturated rings. The highest BCUT2D eigenvalue weighted by molar-refractivity contribution is 6.39. The second-order valence-electron chi connectivity index (χ2n) is 4.47. The minimum Gasteiger partial charge on any atom is -0.305 e. The van der Waals surface area contributed by atoms with E-state index in [1.165, 1.54) is 19.0 Å². The van der Waals surface area contributed by atoms with Crippen LogP contribution in [-0.4, -0.2) is 29.3 Å². The van der Waals surface area contributed by atoms with E-state index in [0.717, 1.165) is 13.2 Å². The van der Waals surface area contributed by atoms with Gasteiger partial charge in [0.15, 0.2) is 0 Å². The highest BCUT2D eigenvalue weighted by Crippen LogP contribution is 2.22. The van der Waals surface area contributed by atoms with Gasteiger partial charge in [-0.2, -0.15) is 0 Å². The second-order valence-corrected chi connectivity index (χ2v) is 7.60. The smallest absolute Gasteiger partial charge is 0.0454 e. The lowest BCUT2D eigenvalue weighted by Gasteiger charge is -2.24. The van der Waals surface area contributed by atoms with E-state index in [-0.39, 0.29) is 9.52 Å². The van der Waals surface area contributed by atoms with Crippen molar-refractivity contribution in [2.75, 3.05) is 19.8 Å². The lowest BCUT2D eigenvalue weighted by Crippen LogP contribution is -2.35. The van der Waals surface area contributed by atoms with Crippen molar-refractivity contribution < 1.29 is 0 Å². The Morgan fingerprint density at radius 3 is 2.38 bits per heavy atom. The summed E-state index contributed by atoms with van der Waals surface area (Å²) in [5.74, 6) is 0. The maximum Gasteiger partial charge on any atom is 0.0454 e. The van der Waals surface area contributed by atoms with Crippen LogP contribution in [0.2, 0.25) is 11.1 Å². The van der Waals surface area contributed by atoms with Crippen LogP contribution in [0, 0.1) is 0 Å². The largest absolute Gasteiger partial charge is 0.305 e. The molecule has 0 unspecified atom stereocenters. The van der Waals surface area contributed by atoms with Crippen LogP contribution in [-0.2, 0) is 0 Å². The molecule has 0 rings (SSSR count). The van der Waals surface area contributed by atoms with E-state index < -0.39 is 0 Å². The normalized spacial score (nSPS) is 12.9. The van der Waals surface area contributed by atoms with E-state index in [0.29, 0.717) is 5.04 Å². The van der Waals surface area contributed by atoms with Gasteiger partial charge in [-0.3, -0.25) is 0 Å². The molecule has 0 saturated heterocycles. The quantitative estimate of drug-likeness (QED) is 0.353. The first kappa shape index (κ1) is 13.1. The minimum absolute atomic E-state index is 0.115. The molecule has 0 heterocycles. The van der Waals surface area contributed by atoms with Gasteiger partial charge in [0.1, 0.15) is 0 Å². The van der Waals surface area contributed by atoms with Crippen molar-refractivity contribution in [3.63, 3.8) is 0 Å². The van der Waals surface area contributed by atoms with Crippen molar-refractivity contribution in [1.29, 1.82) is 0 Å². The molecule has 0 bridgehead atoms. The molecule has 13 heavy (non-hydrogen) atoms. The SMILES string of the molecule is CCC[SiH2]C(C)(C)CNCNCC. The van der Waals surface area contributed by atoms with E-state index in [2.05, 4.69) is 38.3 Å². The Bertz CT molecular complexity index is 115. The van der Waals surface area contributed by atoms with Crippen LogP contribution >= 0.6 is 0 Å². The summed E-state index contributed by atoms with van der Waals surface area (Å²) in [5.41, 5.74) is 0. The molecule has 3 heteroatoms. The summed E-state index contributed by atoms with van der Waals surface area (Å²) in [7, 11) is 0.115. The van der Waals surface area contributed by atoms with Gasteiger partial charge in [0, 0.05) is 16.2 Å². The first-order valence-electron chi connectivity index (χ1n) is 5.54. The zero-order valence-corrected chi connectivity index (χ0v) is 11.2. The van der Waals surface area contributed by atoms with Crippen LogP contribution in [0.15, 0.2) is 0 Å². The van der Waals surface area contributed by atoms with Gasteiger partial charge in [-0.1, -0.05) is 40.2 Å². The molecule has 80 valence electrons. The van der Waals surface area contributed by atoms with Gasteiger partial charge in [0.2, 0.25) is 0 Å².